The van der Waals surface area contributed by atoms with Gasteiger partial charge in [-0.1, -0.05) is 0 Å². The molecule has 0 aliphatic carbocycles. The SMILES string of the molecule is CC(C)(C)OC(=O)Nc1cnn(-c2ccc(F)cc2)c1C(F)(F)F. The van der Waals surface area contributed by atoms with E-state index < -0.39 is 35.1 Å². The molecule has 130 valence electrons. The Balaban J connectivity index is 2.40. The van der Waals surface area contributed by atoms with Crippen molar-refractivity contribution in [1.29, 1.82) is 0 Å². The van der Waals surface area contributed by atoms with Crippen molar-refractivity contribution in [3.63, 3.8) is 0 Å². The Morgan fingerprint density at radius 1 is 1.17 bits per heavy atom. The molecule has 0 bridgehead atoms. The highest BCUT2D eigenvalue weighted by Crippen LogP contribution is 2.36. The molecule has 0 unspecified atom stereocenters. The molecule has 9 heteroatoms. The first kappa shape index (κ1) is 17.8. The van der Waals surface area contributed by atoms with E-state index in [9.17, 15) is 22.4 Å². The van der Waals surface area contributed by atoms with Gasteiger partial charge in [0.15, 0.2) is 5.69 Å². The van der Waals surface area contributed by atoms with Crippen LogP contribution in [-0.2, 0) is 10.9 Å². The maximum atomic E-state index is 13.4. The Bertz CT molecular complexity index is 731. The molecular weight excluding hydrogens is 330 g/mol. The van der Waals surface area contributed by atoms with Crippen LogP contribution in [0.1, 0.15) is 26.5 Å². The minimum atomic E-state index is -4.80. The van der Waals surface area contributed by atoms with Gasteiger partial charge >= 0.3 is 12.3 Å². The third-order valence-electron chi connectivity index (χ3n) is 2.74. The molecule has 1 heterocycles. The lowest BCUT2D eigenvalue weighted by molar-refractivity contribution is -0.142. The normalized spacial score (nSPS) is 12.1. The minimum Gasteiger partial charge on any atom is -0.444 e. The number of carbonyl (C=O) groups excluding carboxylic acids is 1. The van der Waals surface area contributed by atoms with Crippen molar-refractivity contribution in [2.45, 2.75) is 32.5 Å². The molecule has 0 spiro atoms. The van der Waals surface area contributed by atoms with Gasteiger partial charge in [-0.15, -0.1) is 0 Å². The molecule has 0 saturated carbocycles. The number of amides is 1. The van der Waals surface area contributed by atoms with Crippen molar-refractivity contribution in [3.8, 4) is 5.69 Å². The molecular formula is C15H15F4N3O2. The van der Waals surface area contributed by atoms with Gasteiger partial charge in [0.25, 0.3) is 0 Å². The van der Waals surface area contributed by atoms with Crippen LogP contribution in [0.5, 0.6) is 0 Å². The zero-order chi connectivity index (χ0) is 18.1. The third kappa shape index (κ3) is 4.24. The number of rotatable bonds is 2. The van der Waals surface area contributed by atoms with Crippen LogP contribution >= 0.6 is 0 Å². The van der Waals surface area contributed by atoms with Gasteiger partial charge in [0, 0.05) is 0 Å². The number of alkyl halides is 3. The topological polar surface area (TPSA) is 56.1 Å². The lowest BCUT2D eigenvalue weighted by Crippen LogP contribution is -2.28. The number of ether oxygens (including phenoxy) is 1. The summed E-state index contributed by atoms with van der Waals surface area (Å²) in [5.41, 5.74) is -2.61. The van der Waals surface area contributed by atoms with Gasteiger partial charge in [-0.2, -0.15) is 18.3 Å². The molecule has 0 fully saturated rings. The molecule has 1 amide bonds. The summed E-state index contributed by atoms with van der Waals surface area (Å²) in [6, 6.07) is 4.32. The van der Waals surface area contributed by atoms with Crippen LogP contribution in [0, 0.1) is 5.82 Å². The molecule has 1 N–H and O–H groups in total. The molecule has 0 aliphatic heterocycles. The second-order valence-electron chi connectivity index (χ2n) is 5.92. The number of anilines is 1. The molecule has 1 aromatic heterocycles. The smallest absolute Gasteiger partial charge is 0.435 e. The van der Waals surface area contributed by atoms with E-state index in [-0.39, 0.29) is 5.69 Å². The lowest BCUT2D eigenvalue weighted by Gasteiger charge is -2.20. The number of carbonyl (C=O) groups is 1. The first-order valence-corrected chi connectivity index (χ1v) is 6.88. The van der Waals surface area contributed by atoms with E-state index in [1.165, 1.54) is 0 Å². The zero-order valence-electron chi connectivity index (χ0n) is 13.1. The molecule has 2 rings (SSSR count). The summed E-state index contributed by atoms with van der Waals surface area (Å²) in [6.07, 6.45) is -4.97. The third-order valence-corrected chi connectivity index (χ3v) is 2.74. The molecule has 5 nitrogen and oxygen atoms in total. The number of hydrogen-bond acceptors (Lipinski definition) is 3. The summed E-state index contributed by atoms with van der Waals surface area (Å²) < 4.78 is 58.6. The molecule has 1 aromatic carbocycles. The monoisotopic (exact) mass is 345 g/mol. The van der Waals surface area contributed by atoms with E-state index in [4.69, 9.17) is 4.74 Å². The Hall–Kier alpha value is -2.58. The molecule has 0 atom stereocenters. The van der Waals surface area contributed by atoms with Gasteiger partial charge in [0.2, 0.25) is 0 Å². The number of aromatic nitrogens is 2. The van der Waals surface area contributed by atoms with Gasteiger partial charge in [-0.05, 0) is 45.0 Å². The van der Waals surface area contributed by atoms with Crippen molar-refractivity contribution >= 4 is 11.8 Å². The van der Waals surface area contributed by atoms with Crippen LogP contribution in [-0.4, -0.2) is 21.5 Å². The highest BCUT2D eigenvalue weighted by atomic mass is 19.4. The molecule has 0 saturated heterocycles. The largest absolute Gasteiger partial charge is 0.444 e. The predicted octanol–water partition coefficient (Wildman–Crippen LogP) is 4.38. The van der Waals surface area contributed by atoms with Gasteiger partial charge < -0.3 is 4.74 Å². The lowest BCUT2D eigenvalue weighted by atomic mass is 10.2. The average molecular weight is 345 g/mol. The van der Waals surface area contributed by atoms with E-state index in [2.05, 4.69) is 5.10 Å². The average Bonchev–Trinajstić information content (AvgIpc) is 2.80. The Kier molecular flexibility index (Phi) is 4.54. The predicted molar refractivity (Wildman–Crippen MR) is 78.4 cm³/mol. The Morgan fingerprint density at radius 3 is 2.25 bits per heavy atom. The Morgan fingerprint density at radius 2 is 1.75 bits per heavy atom. The van der Waals surface area contributed by atoms with Crippen molar-refractivity contribution in [2.75, 3.05) is 5.32 Å². The molecule has 0 aliphatic rings. The zero-order valence-corrected chi connectivity index (χ0v) is 13.1. The molecule has 24 heavy (non-hydrogen) atoms. The minimum absolute atomic E-state index is 0.000892. The summed E-state index contributed by atoms with van der Waals surface area (Å²) in [5, 5.41) is 5.67. The van der Waals surface area contributed by atoms with Gasteiger partial charge in [-0.3, -0.25) is 5.32 Å². The van der Waals surface area contributed by atoms with Gasteiger partial charge in [-0.25, -0.2) is 13.9 Å². The quantitative estimate of drug-likeness (QED) is 0.822. The fourth-order valence-electron chi connectivity index (χ4n) is 1.90. The first-order valence-electron chi connectivity index (χ1n) is 6.88. The maximum Gasteiger partial charge on any atom is 0.435 e. The number of halogens is 4. The van der Waals surface area contributed by atoms with Crippen molar-refractivity contribution in [1.82, 2.24) is 9.78 Å². The first-order chi connectivity index (χ1) is 11.0. The summed E-state index contributed by atoms with van der Waals surface area (Å²) in [6.45, 7) is 4.75. The van der Waals surface area contributed by atoms with Crippen molar-refractivity contribution in [2.24, 2.45) is 0 Å². The number of nitrogens with zero attached hydrogens (tertiary/aromatic N) is 2. The second kappa shape index (κ2) is 6.14. The number of nitrogens with one attached hydrogen (secondary N) is 1. The van der Waals surface area contributed by atoms with Crippen LogP contribution in [0.4, 0.5) is 28.0 Å². The number of benzene rings is 1. The molecule has 0 radical (unpaired) electrons. The second-order valence-corrected chi connectivity index (χ2v) is 5.92. The van der Waals surface area contributed by atoms with Crippen LogP contribution in [0.3, 0.4) is 0 Å². The van der Waals surface area contributed by atoms with Gasteiger partial charge in [0.05, 0.1) is 17.6 Å². The fourth-order valence-corrected chi connectivity index (χ4v) is 1.90. The van der Waals surface area contributed by atoms with E-state index >= 15 is 0 Å². The standard InChI is InChI=1S/C15H15F4N3O2/c1-14(2,3)24-13(23)21-11-8-20-22(12(11)15(17,18)19)10-6-4-9(16)5-7-10/h4-8H,1-3H3,(H,21,23). The summed E-state index contributed by atoms with van der Waals surface area (Å²) in [4.78, 5) is 11.7. The summed E-state index contributed by atoms with van der Waals surface area (Å²) in [7, 11) is 0. The number of hydrogen-bond donors (Lipinski definition) is 1. The van der Waals surface area contributed by atoms with E-state index in [0.29, 0.717) is 4.68 Å². The van der Waals surface area contributed by atoms with Crippen LogP contribution in [0.15, 0.2) is 30.5 Å². The van der Waals surface area contributed by atoms with Crippen molar-refractivity contribution in [3.05, 3.63) is 42.0 Å². The summed E-state index contributed by atoms with van der Waals surface area (Å²) in [5.74, 6) is -0.591. The molecule has 2 aromatic rings. The van der Waals surface area contributed by atoms with E-state index in [1.54, 1.807) is 20.8 Å². The van der Waals surface area contributed by atoms with E-state index in [1.807, 2.05) is 5.32 Å². The summed E-state index contributed by atoms with van der Waals surface area (Å²) >= 11 is 0. The highest BCUT2D eigenvalue weighted by molar-refractivity contribution is 5.85. The van der Waals surface area contributed by atoms with Gasteiger partial charge in [0.1, 0.15) is 11.4 Å². The van der Waals surface area contributed by atoms with Crippen LogP contribution < -0.4 is 5.32 Å². The van der Waals surface area contributed by atoms with Crippen LogP contribution in [0.2, 0.25) is 0 Å². The highest BCUT2D eigenvalue weighted by Gasteiger charge is 2.39. The van der Waals surface area contributed by atoms with Crippen LogP contribution in [0.25, 0.3) is 5.69 Å². The van der Waals surface area contributed by atoms with Crippen molar-refractivity contribution < 1.29 is 27.1 Å². The fraction of sp³-hybridized carbons (Fsp3) is 0.333. The Labute approximate surface area is 135 Å². The maximum absolute atomic E-state index is 13.4. The van der Waals surface area contributed by atoms with E-state index in [0.717, 1.165) is 30.5 Å².